The number of ether oxygens (including phenoxy) is 1. The molecule has 2 rings (SSSR count). The van der Waals surface area contributed by atoms with Gasteiger partial charge in [-0.25, -0.2) is 4.79 Å². The summed E-state index contributed by atoms with van der Waals surface area (Å²) in [6.45, 7) is 8.51. The summed E-state index contributed by atoms with van der Waals surface area (Å²) in [5, 5.41) is 0. The van der Waals surface area contributed by atoms with Gasteiger partial charge < -0.3 is 9.64 Å². The van der Waals surface area contributed by atoms with Gasteiger partial charge in [0, 0.05) is 25.4 Å². The molecule has 1 aromatic rings. The van der Waals surface area contributed by atoms with Gasteiger partial charge in [-0.3, -0.25) is 4.79 Å². The minimum Gasteiger partial charge on any atom is -0.444 e. The minimum atomic E-state index is -0.510. The van der Waals surface area contributed by atoms with Gasteiger partial charge in [0.05, 0.1) is 0 Å². The molecule has 0 radical (unpaired) electrons. The van der Waals surface area contributed by atoms with Gasteiger partial charge in [0.25, 0.3) is 0 Å². The standard InChI is InChI=1S/C18H25NO3/c1-13-7-5-6-8-14(13)11-15-12-19(10-9-16(15)20)17(21)22-18(2,3)4/h5-8,15H,9-12H2,1-4H3. The van der Waals surface area contributed by atoms with E-state index in [2.05, 4.69) is 6.07 Å². The van der Waals surface area contributed by atoms with Crippen LogP contribution in [0.2, 0.25) is 0 Å². The normalized spacial score (nSPS) is 19.2. The number of piperidine rings is 1. The third kappa shape index (κ3) is 4.33. The summed E-state index contributed by atoms with van der Waals surface area (Å²) < 4.78 is 5.41. The molecule has 4 heteroatoms. The van der Waals surface area contributed by atoms with Gasteiger partial charge in [-0.05, 0) is 45.2 Å². The molecule has 1 amide bonds. The first-order chi connectivity index (χ1) is 10.3. The van der Waals surface area contributed by atoms with E-state index in [0.717, 1.165) is 0 Å². The van der Waals surface area contributed by atoms with Crippen LogP contribution in [0.25, 0.3) is 0 Å². The lowest BCUT2D eigenvalue weighted by Crippen LogP contribution is -2.46. The molecule has 0 aromatic heterocycles. The highest BCUT2D eigenvalue weighted by molar-refractivity contribution is 5.84. The molecule has 1 unspecified atom stereocenters. The lowest BCUT2D eigenvalue weighted by atomic mass is 9.89. The van der Waals surface area contributed by atoms with Crippen LogP contribution < -0.4 is 0 Å². The Hall–Kier alpha value is -1.84. The zero-order chi connectivity index (χ0) is 16.3. The summed E-state index contributed by atoms with van der Waals surface area (Å²) in [6, 6.07) is 8.08. The highest BCUT2D eigenvalue weighted by Gasteiger charge is 2.32. The van der Waals surface area contributed by atoms with E-state index in [4.69, 9.17) is 4.74 Å². The predicted octanol–water partition coefficient (Wildman–Crippen LogP) is 3.36. The van der Waals surface area contributed by atoms with Crippen LogP contribution in [0.5, 0.6) is 0 Å². The SMILES string of the molecule is Cc1ccccc1CC1CN(C(=O)OC(C)(C)C)CCC1=O. The van der Waals surface area contributed by atoms with Crippen LogP contribution in [0.1, 0.15) is 38.3 Å². The number of carbonyl (C=O) groups excluding carboxylic acids is 2. The summed E-state index contributed by atoms with van der Waals surface area (Å²) in [6.07, 6.45) is 0.774. The van der Waals surface area contributed by atoms with E-state index < -0.39 is 5.60 Å². The number of rotatable bonds is 2. The lowest BCUT2D eigenvalue weighted by Gasteiger charge is -2.33. The number of hydrogen-bond donors (Lipinski definition) is 0. The van der Waals surface area contributed by atoms with Gasteiger partial charge in [0.15, 0.2) is 0 Å². The number of Topliss-reactive ketones (excluding diaryl/α,β-unsaturated/α-hetero) is 1. The van der Waals surface area contributed by atoms with E-state index in [1.54, 1.807) is 4.90 Å². The van der Waals surface area contributed by atoms with Gasteiger partial charge in [0.2, 0.25) is 0 Å². The van der Waals surface area contributed by atoms with Crippen molar-refractivity contribution in [2.24, 2.45) is 5.92 Å². The average molecular weight is 303 g/mol. The van der Waals surface area contributed by atoms with Crippen LogP contribution in [0.15, 0.2) is 24.3 Å². The molecule has 1 saturated heterocycles. The van der Waals surface area contributed by atoms with Crippen molar-refractivity contribution in [1.82, 2.24) is 4.90 Å². The summed E-state index contributed by atoms with van der Waals surface area (Å²) >= 11 is 0. The molecule has 0 N–H and O–H groups in total. The molecule has 0 aliphatic carbocycles. The smallest absolute Gasteiger partial charge is 0.410 e. The molecule has 120 valence electrons. The molecular formula is C18H25NO3. The summed E-state index contributed by atoms with van der Waals surface area (Å²) in [5.74, 6) is 0.102. The Morgan fingerprint density at radius 3 is 2.64 bits per heavy atom. The van der Waals surface area contributed by atoms with Crippen molar-refractivity contribution in [1.29, 1.82) is 0 Å². The maximum Gasteiger partial charge on any atom is 0.410 e. The van der Waals surface area contributed by atoms with Crippen molar-refractivity contribution >= 4 is 11.9 Å². The maximum atomic E-state index is 12.2. The van der Waals surface area contributed by atoms with Crippen LogP contribution in [-0.4, -0.2) is 35.5 Å². The largest absolute Gasteiger partial charge is 0.444 e. The fourth-order valence-corrected chi connectivity index (χ4v) is 2.68. The number of nitrogens with zero attached hydrogens (tertiary/aromatic N) is 1. The van der Waals surface area contributed by atoms with Crippen LogP contribution >= 0.6 is 0 Å². The molecule has 1 aliphatic rings. The van der Waals surface area contributed by atoms with Crippen molar-refractivity contribution in [3.63, 3.8) is 0 Å². The molecule has 0 bridgehead atoms. The molecule has 1 fully saturated rings. The minimum absolute atomic E-state index is 0.137. The van der Waals surface area contributed by atoms with E-state index in [9.17, 15) is 9.59 Å². The van der Waals surface area contributed by atoms with E-state index in [0.29, 0.717) is 25.9 Å². The van der Waals surface area contributed by atoms with E-state index in [1.807, 2.05) is 45.9 Å². The lowest BCUT2D eigenvalue weighted by molar-refractivity contribution is -0.125. The Balaban J connectivity index is 2.04. The number of amides is 1. The van der Waals surface area contributed by atoms with Crippen LogP contribution in [0, 0.1) is 12.8 Å². The highest BCUT2D eigenvalue weighted by atomic mass is 16.6. The molecule has 22 heavy (non-hydrogen) atoms. The fraction of sp³-hybridized carbons (Fsp3) is 0.556. The van der Waals surface area contributed by atoms with Crippen molar-refractivity contribution in [2.45, 2.75) is 46.1 Å². The van der Waals surface area contributed by atoms with Crippen molar-refractivity contribution in [3.05, 3.63) is 35.4 Å². The Morgan fingerprint density at radius 1 is 1.32 bits per heavy atom. The molecule has 1 aromatic carbocycles. The Kier molecular flexibility index (Phi) is 4.89. The Bertz CT molecular complexity index is 560. The first kappa shape index (κ1) is 16.5. The average Bonchev–Trinajstić information content (AvgIpc) is 2.41. The second kappa shape index (κ2) is 6.51. The zero-order valence-corrected chi connectivity index (χ0v) is 13.9. The Labute approximate surface area is 132 Å². The molecular weight excluding hydrogens is 278 g/mol. The quantitative estimate of drug-likeness (QED) is 0.841. The molecule has 4 nitrogen and oxygen atoms in total. The van der Waals surface area contributed by atoms with Crippen molar-refractivity contribution in [2.75, 3.05) is 13.1 Å². The maximum absolute atomic E-state index is 12.2. The topological polar surface area (TPSA) is 46.6 Å². The van der Waals surface area contributed by atoms with Gasteiger partial charge in [0.1, 0.15) is 11.4 Å². The van der Waals surface area contributed by atoms with E-state index in [1.165, 1.54) is 11.1 Å². The Morgan fingerprint density at radius 2 is 2.00 bits per heavy atom. The van der Waals surface area contributed by atoms with Gasteiger partial charge in [-0.1, -0.05) is 24.3 Å². The fourth-order valence-electron chi connectivity index (χ4n) is 2.68. The number of likely N-dealkylation sites (tertiary alicyclic amines) is 1. The number of ketones is 1. The van der Waals surface area contributed by atoms with Gasteiger partial charge in [-0.2, -0.15) is 0 Å². The van der Waals surface area contributed by atoms with Crippen LogP contribution in [0.3, 0.4) is 0 Å². The monoisotopic (exact) mass is 303 g/mol. The summed E-state index contributed by atoms with van der Waals surface area (Å²) in [4.78, 5) is 26.0. The molecule has 1 heterocycles. The summed E-state index contributed by atoms with van der Waals surface area (Å²) in [7, 11) is 0. The third-order valence-electron chi connectivity index (χ3n) is 3.90. The van der Waals surface area contributed by atoms with Crippen LogP contribution in [-0.2, 0) is 16.0 Å². The first-order valence-electron chi connectivity index (χ1n) is 7.81. The van der Waals surface area contributed by atoms with Gasteiger partial charge >= 0.3 is 6.09 Å². The molecule has 1 atom stereocenters. The second-order valence-corrected chi connectivity index (χ2v) is 6.97. The first-order valence-corrected chi connectivity index (χ1v) is 7.81. The number of aryl methyl sites for hydroxylation is 1. The predicted molar refractivity (Wildman–Crippen MR) is 85.8 cm³/mol. The summed E-state index contributed by atoms with van der Waals surface area (Å²) in [5.41, 5.74) is 1.85. The molecule has 0 spiro atoms. The van der Waals surface area contributed by atoms with E-state index in [-0.39, 0.29) is 17.8 Å². The van der Waals surface area contributed by atoms with Crippen LogP contribution in [0.4, 0.5) is 4.79 Å². The molecule has 1 aliphatic heterocycles. The number of benzene rings is 1. The number of carbonyl (C=O) groups is 2. The van der Waals surface area contributed by atoms with E-state index >= 15 is 0 Å². The molecule has 0 saturated carbocycles. The van der Waals surface area contributed by atoms with Gasteiger partial charge in [-0.15, -0.1) is 0 Å². The zero-order valence-electron chi connectivity index (χ0n) is 13.9. The number of hydrogen-bond acceptors (Lipinski definition) is 3. The third-order valence-corrected chi connectivity index (χ3v) is 3.90. The van der Waals surface area contributed by atoms with Crippen molar-refractivity contribution in [3.8, 4) is 0 Å². The second-order valence-electron chi connectivity index (χ2n) is 6.97. The highest BCUT2D eigenvalue weighted by Crippen LogP contribution is 2.21. The van der Waals surface area contributed by atoms with Crippen molar-refractivity contribution < 1.29 is 14.3 Å².